The van der Waals surface area contributed by atoms with Gasteiger partial charge in [-0.05, 0) is 52.2 Å². The summed E-state index contributed by atoms with van der Waals surface area (Å²) in [4.78, 5) is 7.04. The molecule has 0 aliphatic carbocycles. The predicted molar refractivity (Wildman–Crippen MR) is 84.1 cm³/mol. The lowest BCUT2D eigenvalue weighted by molar-refractivity contribution is -0.0690. The summed E-state index contributed by atoms with van der Waals surface area (Å²) in [5.74, 6) is 0.530. The maximum absolute atomic E-state index is 9.22. The van der Waals surface area contributed by atoms with Crippen LogP contribution >= 0.6 is 0 Å². The van der Waals surface area contributed by atoms with E-state index in [1.807, 2.05) is 13.0 Å². The van der Waals surface area contributed by atoms with Crippen LogP contribution in [0.2, 0.25) is 0 Å². The molecular formula is C17H28N2O2. The van der Waals surface area contributed by atoms with E-state index in [0.717, 1.165) is 37.2 Å². The largest absolute Gasteiger partial charge is 0.392 e. The zero-order valence-electron chi connectivity index (χ0n) is 13.7. The second-order valence-electron chi connectivity index (χ2n) is 6.92. The van der Waals surface area contributed by atoms with Crippen LogP contribution in [0.4, 0.5) is 0 Å². The van der Waals surface area contributed by atoms with Crippen LogP contribution in [0.15, 0.2) is 12.1 Å². The van der Waals surface area contributed by atoms with Gasteiger partial charge < -0.3 is 9.84 Å². The van der Waals surface area contributed by atoms with Gasteiger partial charge >= 0.3 is 0 Å². The van der Waals surface area contributed by atoms with Gasteiger partial charge in [-0.1, -0.05) is 6.07 Å². The van der Waals surface area contributed by atoms with E-state index in [-0.39, 0.29) is 12.2 Å². The fraction of sp³-hybridized carbons (Fsp3) is 0.706. The molecule has 0 bridgehead atoms. The number of aliphatic hydroxyl groups excluding tert-OH is 1. The highest BCUT2D eigenvalue weighted by Gasteiger charge is 2.23. The van der Waals surface area contributed by atoms with Crippen LogP contribution in [0.1, 0.15) is 56.5 Å². The van der Waals surface area contributed by atoms with Crippen molar-refractivity contribution in [3.8, 4) is 0 Å². The lowest BCUT2D eigenvalue weighted by Crippen LogP contribution is -2.37. The Bertz CT molecular complexity index is 460. The Morgan fingerprint density at radius 2 is 1.95 bits per heavy atom. The van der Waals surface area contributed by atoms with Crippen LogP contribution in [0.3, 0.4) is 0 Å². The standard InChI is InChI=1S/C17H28N2O2/c1-13-15(11-20)5-6-16(18-13)14-7-9-19(10-8-14)12-21-17(2,3)4/h5-6,14,20H,7-12H2,1-4H3. The second-order valence-corrected chi connectivity index (χ2v) is 6.92. The molecule has 4 nitrogen and oxygen atoms in total. The topological polar surface area (TPSA) is 45.6 Å². The summed E-state index contributed by atoms with van der Waals surface area (Å²) in [6.07, 6.45) is 2.25. The first kappa shape index (κ1) is 16.4. The molecule has 1 aliphatic rings. The molecule has 0 atom stereocenters. The molecule has 1 N–H and O–H groups in total. The summed E-state index contributed by atoms with van der Waals surface area (Å²) in [5, 5.41) is 9.22. The van der Waals surface area contributed by atoms with Gasteiger partial charge in [0.05, 0.1) is 18.9 Å². The Morgan fingerprint density at radius 1 is 1.29 bits per heavy atom. The van der Waals surface area contributed by atoms with Gasteiger partial charge in [0.1, 0.15) is 0 Å². The number of aromatic nitrogens is 1. The number of nitrogens with zero attached hydrogens (tertiary/aromatic N) is 2. The van der Waals surface area contributed by atoms with Gasteiger partial charge in [-0.3, -0.25) is 9.88 Å². The monoisotopic (exact) mass is 292 g/mol. The van der Waals surface area contributed by atoms with Crippen LogP contribution in [0.25, 0.3) is 0 Å². The maximum atomic E-state index is 9.22. The minimum atomic E-state index is -0.0738. The van der Waals surface area contributed by atoms with Crippen molar-refractivity contribution in [2.45, 2.75) is 58.7 Å². The molecule has 1 saturated heterocycles. The Hall–Kier alpha value is -0.970. The number of aryl methyl sites for hydroxylation is 1. The maximum Gasteiger partial charge on any atom is 0.0997 e. The molecule has 2 heterocycles. The predicted octanol–water partition coefficient (Wildman–Crippen LogP) is 2.83. The molecular weight excluding hydrogens is 264 g/mol. The summed E-state index contributed by atoms with van der Waals surface area (Å²) in [6, 6.07) is 4.08. The molecule has 2 rings (SSSR count). The summed E-state index contributed by atoms with van der Waals surface area (Å²) in [7, 11) is 0. The number of ether oxygens (including phenoxy) is 1. The number of piperidine rings is 1. The number of hydrogen-bond acceptors (Lipinski definition) is 4. The Morgan fingerprint density at radius 3 is 2.48 bits per heavy atom. The van der Waals surface area contributed by atoms with Crippen molar-refractivity contribution in [1.82, 2.24) is 9.88 Å². The molecule has 0 aromatic carbocycles. The minimum absolute atomic E-state index is 0.0711. The van der Waals surface area contributed by atoms with Crippen molar-refractivity contribution < 1.29 is 9.84 Å². The fourth-order valence-corrected chi connectivity index (χ4v) is 2.65. The number of pyridine rings is 1. The fourth-order valence-electron chi connectivity index (χ4n) is 2.65. The molecule has 0 amide bonds. The average Bonchev–Trinajstić information content (AvgIpc) is 2.45. The van der Waals surface area contributed by atoms with Gasteiger partial charge in [0, 0.05) is 30.4 Å². The van der Waals surface area contributed by atoms with Crippen LogP contribution in [-0.4, -0.2) is 40.4 Å². The number of likely N-dealkylation sites (tertiary alicyclic amines) is 1. The Balaban J connectivity index is 1.87. The normalized spacial score (nSPS) is 18.1. The van der Waals surface area contributed by atoms with Gasteiger partial charge in [-0.25, -0.2) is 0 Å². The summed E-state index contributed by atoms with van der Waals surface area (Å²) < 4.78 is 5.84. The van der Waals surface area contributed by atoms with Gasteiger partial charge in [0.15, 0.2) is 0 Å². The first-order chi connectivity index (χ1) is 9.89. The Labute approximate surface area is 128 Å². The number of rotatable bonds is 4. The zero-order chi connectivity index (χ0) is 15.5. The van der Waals surface area contributed by atoms with E-state index in [9.17, 15) is 5.11 Å². The molecule has 0 unspecified atom stereocenters. The third-order valence-corrected chi connectivity index (χ3v) is 4.07. The van der Waals surface area contributed by atoms with Crippen LogP contribution in [0, 0.1) is 6.92 Å². The van der Waals surface area contributed by atoms with Crippen molar-refractivity contribution in [3.05, 3.63) is 29.1 Å². The van der Waals surface area contributed by atoms with E-state index in [4.69, 9.17) is 4.74 Å². The highest BCUT2D eigenvalue weighted by Crippen LogP contribution is 2.27. The third-order valence-electron chi connectivity index (χ3n) is 4.07. The molecule has 4 heteroatoms. The number of aliphatic hydroxyl groups is 1. The lowest BCUT2D eigenvalue weighted by Gasteiger charge is -2.33. The van der Waals surface area contributed by atoms with E-state index in [0.29, 0.717) is 12.6 Å². The third kappa shape index (κ3) is 4.77. The van der Waals surface area contributed by atoms with Crippen molar-refractivity contribution in [3.63, 3.8) is 0 Å². The van der Waals surface area contributed by atoms with Gasteiger partial charge in [-0.2, -0.15) is 0 Å². The highest BCUT2D eigenvalue weighted by molar-refractivity contribution is 5.23. The lowest BCUT2D eigenvalue weighted by atomic mass is 9.92. The van der Waals surface area contributed by atoms with Gasteiger partial charge in [-0.15, -0.1) is 0 Å². The summed E-state index contributed by atoms with van der Waals surface area (Å²) >= 11 is 0. The highest BCUT2D eigenvalue weighted by atomic mass is 16.5. The molecule has 21 heavy (non-hydrogen) atoms. The molecule has 0 radical (unpaired) electrons. The van der Waals surface area contributed by atoms with Crippen LogP contribution in [-0.2, 0) is 11.3 Å². The van der Waals surface area contributed by atoms with Gasteiger partial charge in [0.25, 0.3) is 0 Å². The molecule has 1 aromatic heterocycles. The molecule has 0 spiro atoms. The summed E-state index contributed by atoms with van der Waals surface area (Å²) in [6.45, 7) is 11.2. The van der Waals surface area contributed by atoms with Gasteiger partial charge in [0.2, 0.25) is 0 Å². The average molecular weight is 292 g/mol. The first-order valence-corrected chi connectivity index (χ1v) is 7.82. The smallest absolute Gasteiger partial charge is 0.0997 e. The van der Waals surface area contributed by atoms with E-state index in [1.165, 1.54) is 5.69 Å². The van der Waals surface area contributed by atoms with Crippen molar-refractivity contribution >= 4 is 0 Å². The molecule has 1 aliphatic heterocycles. The number of hydrogen-bond donors (Lipinski definition) is 1. The van der Waals surface area contributed by atoms with Crippen molar-refractivity contribution in [1.29, 1.82) is 0 Å². The van der Waals surface area contributed by atoms with Crippen LogP contribution in [0.5, 0.6) is 0 Å². The zero-order valence-corrected chi connectivity index (χ0v) is 13.7. The van der Waals surface area contributed by atoms with E-state index >= 15 is 0 Å². The molecule has 118 valence electrons. The Kier molecular flexibility index (Phi) is 5.36. The SMILES string of the molecule is Cc1nc(C2CCN(COC(C)(C)C)CC2)ccc1CO. The molecule has 1 aromatic rings. The second kappa shape index (κ2) is 6.86. The minimum Gasteiger partial charge on any atom is -0.392 e. The first-order valence-electron chi connectivity index (χ1n) is 7.82. The van der Waals surface area contributed by atoms with E-state index < -0.39 is 0 Å². The van der Waals surface area contributed by atoms with Crippen molar-refractivity contribution in [2.75, 3.05) is 19.8 Å². The van der Waals surface area contributed by atoms with Crippen LogP contribution < -0.4 is 0 Å². The van der Waals surface area contributed by atoms with E-state index in [2.05, 4.69) is 36.7 Å². The molecule has 0 saturated carbocycles. The molecule has 1 fully saturated rings. The summed E-state index contributed by atoms with van der Waals surface area (Å²) in [5.41, 5.74) is 2.97. The van der Waals surface area contributed by atoms with Crippen molar-refractivity contribution in [2.24, 2.45) is 0 Å². The quantitative estimate of drug-likeness (QED) is 0.927. The van der Waals surface area contributed by atoms with E-state index in [1.54, 1.807) is 0 Å².